The number of amides is 1. The third-order valence-corrected chi connectivity index (χ3v) is 7.45. The summed E-state index contributed by atoms with van der Waals surface area (Å²) in [4.78, 5) is 32.3. The summed E-state index contributed by atoms with van der Waals surface area (Å²) >= 11 is 5.81. The second kappa shape index (κ2) is 12.1. The molecular formula is C31H31N5O3S. The van der Waals surface area contributed by atoms with Gasteiger partial charge < -0.3 is 24.8 Å². The number of methoxy groups -OCH3 is 1. The number of benzene rings is 2. The summed E-state index contributed by atoms with van der Waals surface area (Å²) < 4.78 is 7.03. The maximum Gasteiger partial charge on any atom is 0.339 e. The topological polar surface area (TPSA) is 88.5 Å². The maximum absolute atomic E-state index is 13.1. The molecular weight excluding hydrogens is 522 g/mol. The van der Waals surface area contributed by atoms with Crippen LogP contribution < -0.4 is 10.6 Å². The van der Waals surface area contributed by atoms with Crippen molar-refractivity contribution in [3.63, 3.8) is 0 Å². The Morgan fingerprint density at radius 1 is 1.02 bits per heavy atom. The van der Waals surface area contributed by atoms with Crippen LogP contribution >= 0.6 is 12.2 Å². The number of rotatable bonds is 9. The minimum Gasteiger partial charge on any atom is -0.465 e. The number of carbonyl (C=O) groups excluding carboxylic acids is 2. The fraction of sp³-hybridized carbons (Fsp3) is 0.226. The first-order valence-corrected chi connectivity index (χ1v) is 13.6. The number of aromatic nitrogens is 2. The standard InChI is InChI=1S/C31H31N5O3S/c1-3-21-11-4-6-13-23(21)33-27(37)17-20-36-29(28(34-31(36)40)24-14-8-9-18-32-24)26-16-10-19-35(26)25-15-7-5-12-22(25)30(38)39-2/h4-16,18-19,28-29H,3,17,20H2,1-2H3,(H,33,37)(H,34,40)/t28-,29-/m1/s1. The molecule has 1 fully saturated rings. The molecule has 1 amide bonds. The molecule has 0 saturated carbocycles. The van der Waals surface area contributed by atoms with E-state index in [2.05, 4.69) is 22.5 Å². The Balaban J connectivity index is 1.48. The van der Waals surface area contributed by atoms with Gasteiger partial charge >= 0.3 is 5.97 Å². The molecule has 2 aromatic heterocycles. The quantitative estimate of drug-likeness (QED) is 0.217. The van der Waals surface area contributed by atoms with Crippen LogP contribution in [0.2, 0.25) is 0 Å². The van der Waals surface area contributed by atoms with Crippen molar-refractivity contribution in [1.29, 1.82) is 0 Å². The van der Waals surface area contributed by atoms with Crippen molar-refractivity contribution in [2.24, 2.45) is 0 Å². The fourth-order valence-corrected chi connectivity index (χ4v) is 5.51. The molecule has 1 aliphatic rings. The Kier molecular flexibility index (Phi) is 8.21. The predicted molar refractivity (Wildman–Crippen MR) is 158 cm³/mol. The summed E-state index contributed by atoms with van der Waals surface area (Å²) in [5, 5.41) is 7.03. The van der Waals surface area contributed by atoms with Crippen LogP contribution in [0, 0.1) is 0 Å². The summed E-state index contributed by atoms with van der Waals surface area (Å²) in [6.07, 6.45) is 4.74. The highest BCUT2D eigenvalue weighted by molar-refractivity contribution is 7.80. The summed E-state index contributed by atoms with van der Waals surface area (Å²) in [6, 6.07) is 24.3. The lowest BCUT2D eigenvalue weighted by Crippen LogP contribution is -2.33. The van der Waals surface area contributed by atoms with E-state index in [0.717, 1.165) is 29.1 Å². The highest BCUT2D eigenvalue weighted by Gasteiger charge is 2.41. The zero-order valence-corrected chi connectivity index (χ0v) is 23.2. The molecule has 8 nitrogen and oxygen atoms in total. The van der Waals surface area contributed by atoms with Gasteiger partial charge in [0.15, 0.2) is 5.11 Å². The van der Waals surface area contributed by atoms with E-state index in [0.29, 0.717) is 22.9 Å². The van der Waals surface area contributed by atoms with Gasteiger partial charge in [-0.1, -0.05) is 43.3 Å². The fourth-order valence-electron chi connectivity index (χ4n) is 5.17. The summed E-state index contributed by atoms with van der Waals surface area (Å²) in [6.45, 7) is 2.46. The third-order valence-electron chi connectivity index (χ3n) is 7.10. The van der Waals surface area contributed by atoms with Crippen LogP contribution in [0.4, 0.5) is 5.69 Å². The van der Waals surface area contributed by atoms with E-state index >= 15 is 0 Å². The Labute approximate surface area is 239 Å². The molecule has 1 aliphatic heterocycles. The van der Waals surface area contributed by atoms with Gasteiger partial charge in [0.05, 0.1) is 36.1 Å². The first-order chi connectivity index (χ1) is 19.5. The number of thiocarbonyl (C=S) groups is 1. The number of nitrogens with one attached hydrogen (secondary N) is 2. The minimum atomic E-state index is -0.419. The second-order valence-corrected chi connectivity index (χ2v) is 9.83. The van der Waals surface area contributed by atoms with Crippen LogP contribution in [0.1, 0.15) is 52.7 Å². The average molecular weight is 554 g/mol. The van der Waals surface area contributed by atoms with Gasteiger partial charge in [0.1, 0.15) is 0 Å². The van der Waals surface area contributed by atoms with E-state index in [1.165, 1.54) is 7.11 Å². The van der Waals surface area contributed by atoms with Crippen LogP contribution in [0.3, 0.4) is 0 Å². The molecule has 3 heterocycles. The van der Waals surface area contributed by atoms with Gasteiger partial charge in [-0.15, -0.1) is 0 Å². The van der Waals surface area contributed by atoms with Crippen molar-refractivity contribution in [3.05, 3.63) is 114 Å². The normalized spacial score (nSPS) is 16.4. The van der Waals surface area contributed by atoms with E-state index < -0.39 is 5.97 Å². The van der Waals surface area contributed by atoms with Crippen molar-refractivity contribution in [2.75, 3.05) is 19.0 Å². The van der Waals surface area contributed by atoms with Crippen LogP contribution in [0.5, 0.6) is 0 Å². The molecule has 0 unspecified atom stereocenters. The third kappa shape index (κ3) is 5.46. The van der Waals surface area contributed by atoms with E-state index in [-0.39, 0.29) is 24.4 Å². The van der Waals surface area contributed by atoms with E-state index in [1.54, 1.807) is 12.3 Å². The molecule has 2 aromatic carbocycles. The van der Waals surface area contributed by atoms with Crippen LogP contribution in [0.15, 0.2) is 91.3 Å². The van der Waals surface area contributed by atoms with Crippen molar-refractivity contribution in [3.8, 4) is 5.69 Å². The summed E-state index contributed by atoms with van der Waals surface area (Å²) in [5.74, 6) is -0.507. The molecule has 2 atom stereocenters. The number of aryl methyl sites for hydroxylation is 1. The zero-order valence-electron chi connectivity index (χ0n) is 22.4. The number of hydrogen-bond acceptors (Lipinski definition) is 5. The minimum absolute atomic E-state index is 0.0878. The van der Waals surface area contributed by atoms with E-state index in [9.17, 15) is 9.59 Å². The molecule has 0 bridgehead atoms. The largest absolute Gasteiger partial charge is 0.465 e. The summed E-state index contributed by atoms with van der Waals surface area (Å²) in [7, 11) is 1.37. The molecule has 1 saturated heterocycles. The average Bonchev–Trinajstić information content (AvgIpc) is 3.60. The molecule has 5 rings (SSSR count). The molecule has 204 valence electrons. The molecule has 2 N–H and O–H groups in total. The number of carbonyl (C=O) groups is 2. The molecule has 0 spiro atoms. The van der Waals surface area contributed by atoms with Crippen LogP contribution in [-0.4, -0.2) is 45.1 Å². The van der Waals surface area contributed by atoms with Gasteiger partial charge in [0.2, 0.25) is 5.91 Å². The Morgan fingerprint density at radius 2 is 1.80 bits per heavy atom. The van der Waals surface area contributed by atoms with Gasteiger partial charge in [-0.3, -0.25) is 9.78 Å². The van der Waals surface area contributed by atoms with Gasteiger partial charge in [-0.05, 0) is 66.7 Å². The van der Waals surface area contributed by atoms with Gasteiger partial charge in [0, 0.05) is 36.7 Å². The molecule has 0 aliphatic carbocycles. The van der Waals surface area contributed by atoms with Gasteiger partial charge in [0.25, 0.3) is 0 Å². The lowest BCUT2D eigenvalue weighted by Gasteiger charge is -2.29. The zero-order chi connectivity index (χ0) is 28.1. The Bertz CT molecular complexity index is 1520. The lowest BCUT2D eigenvalue weighted by atomic mass is 10.0. The molecule has 9 heteroatoms. The van der Waals surface area contributed by atoms with E-state index in [1.807, 2.05) is 88.5 Å². The van der Waals surface area contributed by atoms with E-state index in [4.69, 9.17) is 17.0 Å². The number of esters is 1. The van der Waals surface area contributed by atoms with Crippen molar-refractivity contribution in [2.45, 2.75) is 31.8 Å². The number of nitrogens with zero attached hydrogens (tertiary/aromatic N) is 3. The Morgan fingerprint density at radius 3 is 2.58 bits per heavy atom. The smallest absolute Gasteiger partial charge is 0.339 e. The summed E-state index contributed by atoms with van der Waals surface area (Å²) in [5.41, 5.74) is 4.79. The van der Waals surface area contributed by atoms with Crippen molar-refractivity contribution in [1.82, 2.24) is 19.8 Å². The molecule has 4 aromatic rings. The highest BCUT2D eigenvalue weighted by Crippen LogP contribution is 2.40. The van der Waals surface area contributed by atoms with Crippen LogP contribution in [-0.2, 0) is 16.0 Å². The van der Waals surface area contributed by atoms with Crippen LogP contribution in [0.25, 0.3) is 5.69 Å². The molecule has 0 radical (unpaired) electrons. The predicted octanol–water partition coefficient (Wildman–Crippen LogP) is 5.22. The lowest BCUT2D eigenvalue weighted by molar-refractivity contribution is -0.116. The monoisotopic (exact) mass is 553 g/mol. The number of anilines is 1. The Hall–Kier alpha value is -4.50. The van der Waals surface area contributed by atoms with Crippen molar-refractivity contribution >= 4 is 34.9 Å². The molecule has 40 heavy (non-hydrogen) atoms. The SMILES string of the molecule is CCc1ccccc1NC(=O)CCN1C(=S)N[C@H](c2ccccn2)[C@H]1c1cccn1-c1ccccc1C(=O)OC. The number of ether oxygens (including phenoxy) is 1. The maximum atomic E-state index is 13.1. The number of hydrogen-bond donors (Lipinski definition) is 2. The first-order valence-electron chi connectivity index (χ1n) is 13.2. The number of pyridine rings is 1. The van der Waals surface area contributed by atoms with Gasteiger partial charge in [-0.25, -0.2) is 4.79 Å². The number of para-hydroxylation sites is 2. The van der Waals surface area contributed by atoms with Gasteiger partial charge in [-0.2, -0.15) is 0 Å². The highest BCUT2D eigenvalue weighted by atomic mass is 32.1. The first kappa shape index (κ1) is 27.1. The van der Waals surface area contributed by atoms with Crippen molar-refractivity contribution < 1.29 is 14.3 Å². The second-order valence-electron chi connectivity index (χ2n) is 9.44.